The molecule has 2 aromatic rings. The molecule has 0 bridgehead atoms. The smallest absolute Gasteiger partial charge is 0.325 e. The molecular formula is C20H19BrClF3N2O3S. The third kappa shape index (κ3) is 6.21. The summed E-state index contributed by atoms with van der Waals surface area (Å²) in [6.45, 7) is 0.320. The molecule has 5 nitrogen and oxygen atoms in total. The maximum absolute atomic E-state index is 12.9. The Morgan fingerprint density at radius 2 is 1.74 bits per heavy atom. The molecule has 1 fully saturated rings. The molecule has 1 aliphatic heterocycles. The quantitative estimate of drug-likeness (QED) is 0.561. The van der Waals surface area contributed by atoms with Crippen LogP contribution in [0.3, 0.4) is 0 Å². The van der Waals surface area contributed by atoms with Gasteiger partial charge in [-0.25, -0.2) is 12.7 Å². The lowest BCUT2D eigenvalue weighted by Crippen LogP contribution is -2.41. The van der Waals surface area contributed by atoms with Gasteiger partial charge in [0.05, 0.1) is 22.0 Å². The molecule has 1 heterocycles. The second kappa shape index (κ2) is 9.48. The number of benzene rings is 2. The van der Waals surface area contributed by atoms with Crippen molar-refractivity contribution < 1.29 is 26.4 Å². The number of piperidine rings is 1. The van der Waals surface area contributed by atoms with Crippen LogP contribution in [0.25, 0.3) is 0 Å². The molecule has 0 unspecified atom stereocenters. The molecule has 0 saturated carbocycles. The highest BCUT2D eigenvalue weighted by atomic mass is 79.9. The van der Waals surface area contributed by atoms with Crippen molar-refractivity contribution in [1.82, 2.24) is 4.31 Å². The molecule has 31 heavy (non-hydrogen) atoms. The van der Waals surface area contributed by atoms with E-state index in [9.17, 15) is 26.4 Å². The van der Waals surface area contributed by atoms with Crippen molar-refractivity contribution in [2.75, 3.05) is 18.4 Å². The summed E-state index contributed by atoms with van der Waals surface area (Å²) in [5.41, 5.74) is -0.380. The van der Waals surface area contributed by atoms with Crippen LogP contribution >= 0.6 is 27.5 Å². The Morgan fingerprint density at radius 3 is 2.32 bits per heavy atom. The molecular weight excluding hydrogens is 521 g/mol. The summed E-state index contributed by atoms with van der Waals surface area (Å²) < 4.78 is 66.2. The van der Waals surface area contributed by atoms with E-state index >= 15 is 0 Å². The predicted octanol–water partition coefficient (Wildman–Crippen LogP) is 5.30. The monoisotopic (exact) mass is 538 g/mol. The summed E-state index contributed by atoms with van der Waals surface area (Å²) in [5, 5.41) is 2.44. The lowest BCUT2D eigenvalue weighted by Gasteiger charge is -2.30. The maximum Gasteiger partial charge on any atom is 0.416 e. The minimum atomic E-state index is -4.56. The van der Waals surface area contributed by atoms with Gasteiger partial charge in [-0.15, -0.1) is 0 Å². The summed E-state index contributed by atoms with van der Waals surface area (Å²) in [4.78, 5) is 12.5. The minimum Gasteiger partial charge on any atom is -0.325 e. The Balaban J connectivity index is 1.60. The second-order valence-electron chi connectivity index (χ2n) is 7.24. The fourth-order valence-corrected chi connectivity index (χ4v) is 5.30. The summed E-state index contributed by atoms with van der Waals surface area (Å²) in [5.74, 6) is -1.15. The first-order valence-corrected chi connectivity index (χ1v) is 12.1. The molecule has 168 valence electrons. The normalized spacial score (nSPS) is 16.3. The molecule has 3 rings (SSSR count). The minimum absolute atomic E-state index is 0.00383. The average molecular weight is 540 g/mol. The zero-order valence-electron chi connectivity index (χ0n) is 16.1. The molecule has 0 aliphatic carbocycles. The van der Waals surface area contributed by atoms with Gasteiger partial charge in [0.1, 0.15) is 0 Å². The van der Waals surface area contributed by atoms with E-state index in [-0.39, 0.29) is 42.4 Å². The standard InChI is InChI=1S/C20H19BrClF3N2O3S/c21-16-4-1-13(2-5-16)12-31(29,30)27-9-7-14(8-10-27)19(28)26-18-11-15(20(23,24)25)3-6-17(18)22/h1-6,11,14H,7-10,12H2,(H,26,28). The van der Waals surface area contributed by atoms with Crippen molar-refractivity contribution in [1.29, 1.82) is 0 Å². The number of nitrogens with zero attached hydrogens (tertiary/aromatic N) is 1. The first kappa shape index (κ1) is 24.0. The Bertz CT molecular complexity index is 1050. The van der Waals surface area contributed by atoms with Crippen LogP contribution in [-0.2, 0) is 26.7 Å². The van der Waals surface area contributed by atoms with Crippen LogP contribution in [0.2, 0.25) is 5.02 Å². The van der Waals surface area contributed by atoms with Crippen LogP contribution in [0.5, 0.6) is 0 Å². The molecule has 1 aliphatic rings. The molecule has 1 saturated heterocycles. The zero-order chi connectivity index (χ0) is 22.8. The maximum atomic E-state index is 12.9. The van der Waals surface area contributed by atoms with E-state index in [2.05, 4.69) is 21.2 Å². The van der Waals surface area contributed by atoms with E-state index < -0.39 is 33.6 Å². The Kier molecular flexibility index (Phi) is 7.35. The summed E-state index contributed by atoms with van der Waals surface area (Å²) in [6, 6.07) is 9.68. The number of hydrogen-bond acceptors (Lipinski definition) is 3. The highest BCUT2D eigenvalue weighted by molar-refractivity contribution is 9.10. The SMILES string of the molecule is O=C(Nc1cc(C(F)(F)F)ccc1Cl)C1CCN(S(=O)(=O)Cc2ccc(Br)cc2)CC1. The van der Waals surface area contributed by atoms with E-state index in [0.717, 1.165) is 22.7 Å². The van der Waals surface area contributed by atoms with Gasteiger partial charge < -0.3 is 5.32 Å². The van der Waals surface area contributed by atoms with Crippen molar-refractivity contribution in [3.8, 4) is 0 Å². The number of anilines is 1. The van der Waals surface area contributed by atoms with Crippen LogP contribution in [0.1, 0.15) is 24.0 Å². The summed E-state index contributed by atoms with van der Waals surface area (Å²) in [6.07, 6.45) is -4.03. The van der Waals surface area contributed by atoms with Gasteiger partial charge >= 0.3 is 6.18 Å². The molecule has 0 radical (unpaired) electrons. The van der Waals surface area contributed by atoms with Crippen LogP contribution in [0.15, 0.2) is 46.9 Å². The molecule has 0 aromatic heterocycles. The first-order chi connectivity index (χ1) is 14.5. The summed E-state index contributed by atoms with van der Waals surface area (Å²) >= 11 is 9.23. The predicted molar refractivity (Wildman–Crippen MR) is 116 cm³/mol. The van der Waals surface area contributed by atoms with Crippen LogP contribution in [0.4, 0.5) is 18.9 Å². The first-order valence-electron chi connectivity index (χ1n) is 9.35. The number of amides is 1. The third-order valence-electron chi connectivity index (χ3n) is 5.03. The molecule has 2 aromatic carbocycles. The van der Waals surface area contributed by atoms with Crippen molar-refractivity contribution in [2.24, 2.45) is 5.92 Å². The number of sulfonamides is 1. The van der Waals surface area contributed by atoms with Gasteiger partial charge in [0.2, 0.25) is 15.9 Å². The van der Waals surface area contributed by atoms with Gasteiger partial charge in [-0.2, -0.15) is 13.2 Å². The van der Waals surface area contributed by atoms with Crippen molar-refractivity contribution >= 4 is 49.1 Å². The highest BCUT2D eigenvalue weighted by Gasteiger charge is 2.33. The number of carbonyl (C=O) groups is 1. The van der Waals surface area contributed by atoms with E-state index in [1.807, 2.05) is 0 Å². The van der Waals surface area contributed by atoms with Crippen LogP contribution < -0.4 is 5.32 Å². The molecule has 1 N–H and O–H groups in total. The zero-order valence-corrected chi connectivity index (χ0v) is 19.3. The van der Waals surface area contributed by atoms with Gasteiger partial charge in [-0.1, -0.05) is 39.7 Å². The van der Waals surface area contributed by atoms with Crippen molar-refractivity contribution in [2.45, 2.75) is 24.8 Å². The van der Waals surface area contributed by atoms with Crippen LogP contribution in [0, 0.1) is 5.92 Å². The Morgan fingerprint density at radius 1 is 1.13 bits per heavy atom. The third-order valence-corrected chi connectivity index (χ3v) is 7.74. The van der Waals surface area contributed by atoms with Crippen LogP contribution in [-0.4, -0.2) is 31.7 Å². The largest absolute Gasteiger partial charge is 0.416 e. The Hall–Kier alpha value is -1.62. The fourth-order valence-electron chi connectivity index (χ4n) is 3.31. The number of nitrogens with one attached hydrogen (secondary N) is 1. The van der Waals surface area contributed by atoms with Crippen molar-refractivity contribution in [3.05, 3.63) is 63.1 Å². The van der Waals surface area contributed by atoms with E-state index in [4.69, 9.17) is 11.6 Å². The van der Waals surface area contributed by atoms with Gasteiger partial charge in [0.15, 0.2) is 0 Å². The van der Waals surface area contributed by atoms with Gasteiger partial charge in [-0.3, -0.25) is 4.79 Å². The fraction of sp³-hybridized carbons (Fsp3) is 0.350. The van der Waals surface area contributed by atoms with Gasteiger partial charge in [-0.05, 0) is 48.7 Å². The summed E-state index contributed by atoms with van der Waals surface area (Å²) in [7, 11) is -3.55. The average Bonchev–Trinajstić information content (AvgIpc) is 2.70. The van der Waals surface area contributed by atoms with Crippen molar-refractivity contribution in [3.63, 3.8) is 0 Å². The number of carbonyl (C=O) groups excluding carboxylic acids is 1. The molecule has 1 amide bonds. The molecule has 0 spiro atoms. The Labute approximate surface area is 191 Å². The van der Waals surface area contributed by atoms with Gasteiger partial charge in [0, 0.05) is 23.5 Å². The number of hydrogen-bond donors (Lipinski definition) is 1. The van der Waals surface area contributed by atoms with E-state index in [1.54, 1.807) is 24.3 Å². The van der Waals surface area contributed by atoms with E-state index in [1.165, 1.54) is 4.31 Å². The highest BCUT2D eigenvalue weighted by Crippen LogP contribution is 2.34. The molecule has 11 heteroatoms. The number of rotatable bonds is 5. The number of halogens is 5. The second-order valence-corrected chi connectivity index (χ2v) is 10.5. The lowest BCUT2D eigenvalue weighted by atomic mass is 9.97. The number of alkyl halides is 3. The topological polar surface area (TPSA) is 66.5 Å². The lowest BCUT2D eigenvalue weighted by molar-refractivity contribution is -0.137. The molecule has 0 atom stereocenters. The van der Waals surface area contributed by atoms with E-state index in [0.29, 0.717) is 5.56 Å². The van der Waals surface area contributed by atoms with Gasteiger partial charge in [0.25, 0.3) is 0 Å².